The minimum atomic E-state index is -4.67. The molecular formula is C20H19F3N4O3. The van der Waals surface area contributed by atoms with E-state index in [1.54, 1.807) is 34.9 Å². The number of methoxy groups -OCH3 is 2. The van der Waals surface area contributed by atoms with Crippen molar-refractivity contribution < 1.29 is 27.8 Å². The number of ether oxygens (including phenoxy) is 2. The maximum Gasteiger partial charge on any atom is 0.417 e. The molecule has 1 aromatic heterocycles. The van der Waals surface area contributed by atoms with Crippen molar-refractivity contribution in [2.45, 2.75) is 19.0 Å². The van der Waals surface area contributed by atoms with Gasteiger partial charge < -0.3 is 24.5 Å². The van der Waals surface area contributed by atoms with Crippen molar-refractivity contribution in [2.75, 3.05) is 26.1 Å². The van der Waals surface area contributed by atoms with Gasteiger partial charge in [-0.05, 0) is 24.3 Å². The third kappa shape index (κ3) is 4.38. The summed E-state index contributed by atoms with van der Waals surface area (Å²) in [6.07, 6.45) is -5.79. The second-order valence-corrected chi connectivity index (χ2v) is 6.41. The molecule has 0 aliphatic rings. The number of imidazole rings is 1. The highest BCUT2D eigenvalue weighted by atomic mass is 19.4. The van der Waals surface area contributed by atoms with E-state index in [9.17, 15) is 23.5 Å². The largest absolute Gasteiger partial charge is 0.417 e. The molecule has 0 amide bonds. The number of rotatable bonds is 7. The van der Waals surface area contributed by atoms with Crippen molar-refractivity contribution in [3.05, 3.63) is 53.1 Å². The minimum absolute atomic E-state index is 0.0907. The van der Waals surface area contributed by atoms with Gasteiger partial charge in [0.1, 0.15) is 0 Å². The van der Waals surface area contributed by atoms with Crippen LogP contribution in [0.15, 0.2) is 36.4 Å². The van der Waals surface area contributed by atoms with Crippen molar-refractivity contribution in [3.8, 4) is 6.07 Å². The van der Waals surface area contributed by atoms with E-state index in [2.05, 4.69) is 10.3 Å². The number of hydrogen-bond acceptors (Lipinski definition) is 6. The predicted molar refractivity (Wildman–Crippen MR) is 103 cm³/mol. The van der Waals surface area contributed by atoms with Crippen LogP contribution >= 0.6 is 0 Å². The quantitative estimate of drug-likeness (QED) is 0.563. The molecule has 0 bridgehead atoms. The summed E-state index contributed by atoms with van der Waals surface area (Å²) in [5.41, 5.74) is -0.0153. The van der Waals surface area contributed by atoms with E-state index in [1.807, 2.05) is 0 Å². The van der Waals surface area contributed by atoms with Crippen molar-refractivity contribution in [1.82, 2.24) is 9.55 Å². The average molecular weight is 420 g/mol. The Hall–Kier alpha value is -3.13. The molecule has 0 fully saturated rings. The Labute approximate surface area is 170 Å². The molecule has 1 unspecified atom stereocenters. The Morgan fingerprint density at radius 1 is 1.27 bits per heavy atom. The summed E-state index contributed by atoms with van der Waals surface area (Å²) in [7, 11) is 2.87. The van der Waals surface area contributed by atoms with Gasteiger partial charge in [0, 0.05) is 32.0 Å². The number of nitriles is 1. The number of aliphatic hydroxyl groups is 1. The van der Waals surface area contributed by atoms with Crippen molar-refractivity contribution in [2.24, 2.45) is 0 Å². The highest BCUT2D eigenvalue weighted by Gasteiger charge is 2.34. The molecule has 0 saturated carbocycles. The van der Waals surface area contributed by atoms with E-state index in [0.717, 1.165) is 6.07 Å². The van der Waals surface area contributed by atoms with E-state index < -0.39 is 23.6 Å². The molecule has 3 aromatic rings. The first-order valence-electron chi connectivity index (χ1n) is 8.87. The molecule has 2 N–H and O–H groups in total. The van der Waals surface area contributed by atoms with Crippen molar-refractivity contribution >= 4 is 22.7 Å². The van der Waals surface area contributed by atoms with Crippen LogP contribution in [0.4, 0.5) is 24.8 Å². The lowest BCUT2D eigenvalue weighted by molar-refractivity contribution is -0.137. The number of aliphatic hydroxyl groups excluding tert-OH is 1. The summed E-state index contributed by atoms with van der Waals surface area (Å²) < 4.78 is 51.6. The van der Waals surface area contributed by atoms with Gasteiger partial charge in [0.15, 0.2) is 6.29 Å². The van der Waals surface area contributed by atoms with Gasteiger partial charge in [0.2, 0.25) is 5.95 Å². The first-order valence-corrected chi connectivity index (χ1v) is 8.87. The molecule has 0 radical (unpaired) electrons. The van der Waals surface area contributed by atoms with Crippen LogP contribution in [-0.2, 0) is 22.2 Å². The summed E-state index contributed by atoms with van der Waals surface area (Å²) in [5.74, 6) is 0.273. The summed E-state index contributed by atoms with van der Waals surface area (Å²) in [5, 5.41) is 22.1. The maximum atomic E-state index is 13.3. The second kappa shape index (κ2) is 8.71. The number of fused-ring (bicyclic) bond motifs is 1. The number of nitrogens with zero attached hydrogens (tertiary/aromatic N) is 3. The number of alkyl halides is 3. The molecule has 7 nitrogen and oxygen atoms in total. The standard InChI is InChI=1S/C20H19F3N4O3/c1-29-7-6-27-17-9-13(11-24)15(20(21,22)23)10-16(17)26-19(27)25-14-5-3-4-12(8-14)18(28)30-2/h3-5,8-10,18,28H,6-7H2,1-2H3,(H,25,26). The number of halogens is 3. The van der Waals surface area contributed by atoms with Crippen LogP contribution in [0.3, 0.4) is 0 Å². The van der Waals surface area contributed by atoms with Crippen LogP contribution in [0, 0.1) is 11.3 Å². The van der Waals surface area contributed by atoms with Crippen LogP contribution in [0.5, 0.6) is 0 Å². The molecule has 3 rings (SSSR count). The van der Waals surface area contributed by atoms with Gasteiger partial charge in [-0.1, -0.05) is 12.1 Å². The number of nitrogens with one attached hydrogen (secondary N) is 1. The lowest BCUT2D eigenvalue weighted by Gasteiger charge is -2.13. The number of aromatic nitrogens is 2. The van der Waals surface area contributed by atoms with Crippen LogP contribution in [0.2, 0.25) is 0 Å². The zero-order chi connectivity index (χ0) is 21.9. The lowest BCUT2D eigenvalue weighted by Crippen LogP contribution is -2.10. The average Bonchev–Trinajstić information content (AvgIpc) is 3.06. The minimum Gasteiger partial charge on any atom is -0.383 e. The predicted octanol–water partition coefficient (Wildman–Crippen LogP) is 3.95. The van der Waals surface area contributed by atoms with Gasteiger partial charge in [-0.2, -0.15) is 18.4 Å². The third-order valence-corrected chi connectivity index (χ3v) is 4.48. The van der Waals surface area contributed by atoms with E-state index in [4.69, 9.17) is 9.47 Å². The van der Waals surface area contributed by atoms with Crippen LogP contribution < -0.4 is 5.32 Å². The SMILES string of the molecule is COCCn1c(Nc2cccc(C(O)OC)c2)nc2cc(C(F)(F)F)c(C#N)cc21. The van der Waals surface area contributed by atoms with Gasteiger partial charge in [-0.3, -0.25) is 0 Å². The molecular weight excluding hydrogens is 401 g/mol. The Morgan fingerprint density at radius 2 is 2.03 bits per heavy atom. The van der Waals surface area contributed by atoms with Crippen molar-refractivity contribution in [3.63, 3.8) is 0 Å². The molecule has 0 spiro atoms. The Morgan fingerprint density at radius 3 is 2.67 bits per heavy atom. The van der Waals surface area contributed by atoms with Crippen LogP contribution in [0.1, 0.15) is 23.0 Å². The lowest BCUT2D eigenvalue weighted by atomic mass is 10.1. The van der Waals surface area contributed by atoms with Crippen molar-refractivity contribution in [1.29, 1.82) is 5.26 Å². The first-order chi connectivity index (χ1) is 14.3. The Balaban J connectivity index is 2.10. The Bertz CT molecular complexity index is 1090. The van der Waals surface area contributed by atoms with E-state index in [0.29, 0.717) is 23.3 Å². The monoisotopic (exact) mass is 420 g/mol. The number of benzene rings is 2. The van der Waals surface area contributed by atoms with Gasteiger partial charge in [0.25, 0.3) is 0 Å². The zero-order valence-electron chi connectivity index (χ0n) is 16.2. The molecule has 30 heavy (non-hydrogen) atoms. The molecule has 1 atom stereocenters. The number of anilines is 2. The molecule has 1 heterocycles. The van der Waals surface area contributed by atoms with Gasteiger partial charge in [-0.25, -0.2) is 4.98 Å². The van der Waals surface area contributed by atoms with Gasteiger partial charge >= 0.3 is 6.18 Å². The highest BCUT2D eigenvalue weighted by Crippen LogP contribution is 2.35. The molecule has 10 heteroatoms. The molecule has 0 saturated heterocycles. The fourth-order valence-electron chi connectivity index (χ4n) is 3.04. The fraction of sp³-hybridized carbons (Fsp3) is 0.300. The summed E-state index contributed by atoms with van der Waals surface area (Å²) >= 11 is 0. The van der Waals surface area contributed by atoms with Crippen LogP contribution in [-0.4, -0.2) is 35.5 Å². The molecule has 0 aliphatic carbocycles. The number of hydrogen-bond donors (Lipinski definition) is 2. The van der Waals surface area contributed by atoms with Crippen LogP contribution in [0.25, 0.3) is 11.0 Å². The van der Waals surface area contributed by atoms with E-state index in [1.165, 1.54) is 20.3 Å². The summed E-state index contributed by atoms with van der Waals surface area (Å²) in [4.78, 5) is 4.30. The van der Waals surface area contributed by atoms with Gasteiger partial charge in [-0.15, -0.1) is 0 Å². The summed E-state index contributed by atoms with van der Waals surface area (Å²) in [6, 6.07) is 10.4. The van der Waals surface area contributed by atoms with E-state index >= 15 is 0 Å². The third-order valence-electron chi connectivity index (χ3n) is 4.48. The molecule has 0 aliphatic heterocycles. The molecule has 158 valence electrons. The Kier molecular flexibility index (Phi) is 6.26. The second-order valence-electron chi connectivity index (χ2n) is 6.41. The smallest absolute Gasteiger partial charge is 0.383 e. The fourth-order valence-corrected chi connectivity index (χ4v) is 3.04. The normalized spacial score (nSPS) is 12.7. The van der Waals surface area contributed by atoms with E-state index in [-0.39, 0.29) is 18.1 Å². The first kappa shape index (κ1) is 21.6. The zero-order valence-corrected chi connectivity index (χ0v) is 16.2. The summed E-state index contributed by atoms with van der Waals surface area (Å²) in [6.45, 7) is 0.581. The molecule has 2 aromatic carbocycles. The topological polar surface area (TPSA) is 92.3 Å². The van der Waals surface area contributed by atoms with Gasteiger partial charge in [0.05, 0.1) is 34.8 Å². The maximum absolute atomic E-state index is 13.3. The highest BCUT2D eigenvalue weighted by molar-refractivity contribution is 5.82.